The number of aliphatic hydroxyl groups excluding tert-OH is 9. The minimum Gasteiger partial charge on any atom is -0.481 e. The Balaban J connectivity index is 1.80. The van der Waals surface area contributed by atoms with Gasteiger partial charge in [-0.15, -0.1) is 0 Å². The number of nitrogens with two attached hydrogens (primary N) is 1. The van der Waals surface area contributed by atoms with E-state index in [4.69, 9.17) is 24.7 Å². The molecule has 2 saturated heterocycles. The second kappa shape index (κ2) is 28.9. The lowest BCUT2D eigenvalue weighted by atomic mass is 9.86. The molecule has 0 aromatic carbocycles. The minimum atomic E-state index is -1.42. The first-order valence-electron chi connectivity index (χ1n) is 23.0. The van der Waals surface area contributed by atoms with Crippen molar-refractivity contribution in [2.75, 3.05) is 6.61 Å². The monoisotopic (exact) mass is 924 g/mol. The van der Waals surface area contributed by atoms with Crippen molar-refractivity contribution in [3.05, 3.63) is 72.9 Å². The second-order valence-corrected chi connectivity index (χ2v) is 18.0. The summed E-state index contributed by atoms with van der Waals surface area (Å²) < 4.78 is 23.5. The molecule has 0 aromatic rings. The molecule has 2 fully saturated rings. The van der Waals surface area contributed by atoms with Crippen LogP contribution in [0.4, 0.5) is 0 Å². The summed E-state index contributed by atoms with van der Waals surface area (Å²) in [6.45, 7) is 6.78. The summed E-state index contributed by atoms with van der Waals surface area (Å²) in [6.07, 6.45) is 6.46. The van der Waals surface area contributed by atoms with Crippen LogP contribution in [-0.4, -0.2) is 161 Å². The van der Waals surface area contributed by atoms with Crippen molar-refractivity contribution >= 4 is 11.9 Å². The summed E-state index contributed by atoms with van der Waals surface area (Å²) in [4.78, 5) is 25.2. The number of ether oxygens (including phenoxy) is 4. The van der Waals surface area contributed by atoms with Crippen molar-refractivity contribution in [1.29, 1.82) is 0 Å². The first-order chi connectivity index (χ1) is 30.8. The molecule has 3 aliphatic heterocycles. The maximum Gasteiger partial charge on any atom is 0.311 e. The van der Waals surface area contributed by atoms with Crippen molar-refractivity contribution in [2.24, 2.45) is 29.4 Å². The van der Waals surface area contributed by atoms with Gasteiger partial charge in [0.15, 0.2) is 6.29 Å². The molecule has 17 heteroatoms. The highest BCUT2D eigenvalue weighted by Crippen LogP contribution is 2.32. The molecule has 3 rings (SSSR count). The van der Waals surface area contributed by atoms with Crippen LogP contribution in [0, 0.1) is 23.7 Å². The topological polar surface area (TPSA) is 299 Å². The summed E-state index contributed by atoms with van der Waals surface area (Å²) >= 11 is 0. The molecule has 12 N–H and O–H groups in total. The van der Waals surface area contributed by atoms with Crippen LogP contribution in [0.25, 0.3) is 0 Å². The zero-order valence-corrected chi connectivity index (χ0v) is 38.2. The SMILES string of the molecule is C[C@@H]1[C@H](O)[C@@H](C)/C=C/C=C/CC/C=C/C=C/C=C/C=C/[C@H](O[C@@H]2O[C@H](C)[C@@H](O)[C@H](N)[C@@H]2O)C[C@@H]2OC[C@@H](C[C@@H](O)[C@H](O)CC[C@@H](O)C[C@@H](O)C[C@@H](O)CC(=O)O[C@H]1C)C[C@H](O)[C@H]2C(=O)O. The number of aliphatic hydroxyl groups is 9. The van der Waals surface area contributed by atoms with E-state index in [1.54, 1.807) is 45.1 Å². The smallest absolute Gasteiger partial charge is 0.311 e. The summed E-state index contributed by atoms with van der Waals surface area (Å²) in [5, 5.41) is 107. The standard InChI is InChI=1S/C48H77NO16/c1-28-17-15-13-11-9-7-5-6-8-10-12-14-16-18-36(65-48-46(59)43(49)45(58)31(4)64-48)26-40-42(47(60)61)39(55)22-32(27-62-40)21-38(54)37(53)20-19-33(50)23-34(51)24-35(52)25-41(56)63-30(3)29(2)44(28)57/h5-6,8,10-18,28-40,42-46,48,50-55,57-59H,7,9,19-27,49H2,1-4H3,(H,60,61)/b6-5+,10-8+,13-11+,14-12+,17-15+,18-16+/t28-,29-,30-,31+,32-,33+,34+,35+,36-,37+,38+,39-,40-,42+,43-,44+,45+,46-,48-/m0/s1. The van der Waals surface area contributed by atoms with Crippen molar-refractivity contribution < 1.29 is 79.6 Å². The van der Waals surface area contributed by atoms with Gasteiger partial charge < -0.3 is 75.7 Å². The molecule has 17 nitrogen and oxygen atoms in total. The molecule has 0 aromatic heterocycles. The number of fused-ring (bicyclic) bond motifs is 3. The number of cyclic esters (lactones) is 1. The number of esters is 1. The highest BCUT2D eigenvalue weighted by atomic mass is 16.7. The van der Waals surface area contributed by atoms with Crippen molar-refractivity contribution in [1.82, 2.24) is 0 Å². The third kappa shape index (κ3) is 19.5. The third-order valence-corrected chi connectivity index (χ3v) is 12.5. The van der Waals surface area contributed by atoms with E-state index >= 15 is 0 Å². The normalized spacial score (nSPS) is 44.3. The molecule has 19 atom stereocenters. The quantitative estimate of drug-likeness (QED) is 0.180. The zero-order chi connectivity index (χ0) is 48.2. The summed E-state index contributed by atoms with van der Waals surface area (Å²) in [7, 11) is 0. The number of hydrogen-bond acceptors (Lipinski definition) is 16. The Hall–Kier alpha value is -3.14. The molecular weight excluding hydrogens is 847 g/mol. The lowest BCUT2D eigenvalue weighted by molar-refractivity contribution is -0.278. The van der Waals surface area contributed by atoms with E-state index in [1.165, 1.54) is 0 Å². The number of rotatable bonds is 3. The Kier molecular flexibility index (Phi) is 25.0. The molecule has 0 amide bonds. The molecule has 0 unspecified atom stereocenters. The maximum absolute atomic E-state index is 12.6. The largest absolute Gasteiger partial charge is 0.481 e. The number of carbonyl (C=O) groups is 2. The van der Waals surface area contributed by atoms with Gasteiger partial charge in [-0.2, -0.15) is 0 Å². The molecule has 0 aliphatic carbocycles. The fourth-order valence-electron chi connectivity index (χ4n) is 8.26. The van der Waals surface area contributed by atoms with Crippen LogP contribution in [0.5, 0.6) is 0 Å². The van der Waals surface area contributed by atoms with E-state index in [-0.39, 0.29) is 57.5 Å². The Morgan fingerprint density at radius 3 is 1.94 bits per heavy atom. The van der Waals surface area contributed by atoms with Gasteiger partial charge >= 0.3 is 11.9 Å². The first-order valence-corrected chi connectivity index (χ1v) is 23.0. The lowest BCUT2D eigenvalue weighted by Crippen LogP contribution is -2.61. The Labute approximate surface area is 383 Å². The predicted molar refractivity (Wildman–Crippen MR) is 240 cm³/mol. The number of carbonyl (C=O) groups excluding carboxylic acids is 1. The van der Waals surface area contributed by atoms with Crippen LogP contribution < -0.4 is 5.73 Å². The fraction of sp³-hybridized carbons (Fsp3) is 0.708. The van der Waals surface area contributed by atoms with Crippen molar-refractivity contribution in [3.8, 4) is 0 Å². The summed E-state index contributed by atoms with van der Waals surface area (Å²) in [6, 6.07) is -1.09. The number of allylic oxidation sites excluding steroid dienone is 10. The van der Waals surface area contributed by atoms with Crippen molar-refractivity contribution in [2.45, 2.75) is 184 Å². The van der Waals surface area contributed by atoms with E-state index in [0.29, 0.717) is 0 Å². The summed E-state index contributed by atoms with van der Waals surface area (Å²) in [5.74, 6) is -4.70. The molecule has 0 spiro atoms. The second-order valence-electron chi connectivity index (χ2n) is 18.0. The van der Waals surface area contributed by atoms with Crippen LogP contribution in [0.1, 0.15) is 91.9 Å². The van der Waals surface area contributed by atoms with E-state index in [9.17, 15) is 60.7 Å². The number of hydrogen-bond donors (Lipinski definition) is 11. The van der Waals surface area contributed by atoms with E-state index in [2.05, 4.69) is 0 Å². The van der Waals surface area contributed by atoms with Gasteiger partial charge in [-0.05, 0) is 71.1 Å². The van der Waals surface area contributed by atoms with Gasteiger partial charge in [-0.25, -0.2) is 0 Å². The van der Waals surface area contributed by atoms with Gasteiger partial charge in [0.2, 0.25) is 0 Å². The average molecular weight is 924 g/mol. The van der Waals surface area contributed by atoms with Crippen LogP contribution in [0.15, 0.2) is 72.9 Å². The summed E-state index contributed by atoms with van der Waals surface area (Å²) in [5.41, 5.74) is 6.05. The number of carboxylic acid groups (broad SMARTS) is 1. The van der Waals surface area contributed by atoms with Gasteiger partial charge in [0.05, 0.1) is 79.6 Å². The van der Waals surface area contributed by atoms with Gasteiger partial charge in [0, 0.05) is 24.9 Å². The Morgan fingerprint density at radius 2 is 1.26 bits per heavy atom. The number of aliphatic carboxylic acids is 1. The van der Waals surface area contributed by atoms with Gasteiger partial charge in [0.1, 0.15) is 18.1 Å². The van der Waals surface area contributed by atoms with E-state index in [0.717, 1.165) is 12.8 Å². The predicted octanol–water partition coefficient (Wildman–Crippen LogP) is 1.86. The molecule has 0 radical (unpaired) electrons. The minimum absolute atomic E-state index is 0.0263. The Bertz CT molecular complexity index is 1590. The highest BCUT2D eigenvalue weighted by molar-refractivity contribution is 5.71. The zero-order valence-electron chi connectivity index (χ0n) is 38.2. The van der Waals surface area contributed by atoms with Gasteiger partial charge in [-0.1, -0.05) is 86.8 Å². The third-order valence-electron chi connectivity index (χ3n) is 12.5. The van der Waals surface area contributed by atoms with Gasteiger partial charge in [-0.3, -0.25) is 9.59 Å². The highest BCUT2D eigenvalue weighted by Gasteiger charge is 2.45. The van der Waals surface area contributed by atoms with Crippen LogP contribution >= 0.6 is 0 Å². The molecule has 0 saturated carbocycles. The average Bonchev–Trinajstić information content (AvgIpc) is 3.39. The Morgan fingerprint density at radius 1 is 0.662 bits per heavy atom. The van der Waals surface area contributed by atoms with E-state index in [1.807, 2.05) is 55.5 Å². The van der Waals surface area contributed by atoms with Crippen LogP contribution in [0.3, 0.4) is 0 Å². The molecule has 2 bridgehead atoms. The first kappa shape index (κ1) is 56.2. The van der Waals surface area contributed by atoms with Crippen molar-refractivity contribution in [3.63, 3.8) is 0 Å². The maximum atomic E-state index is 12.6. The fourth-order valence-corrected chi connectivity index (χ4v) is 8.26. The van der Waals surface area contributed by atoms with Gasteiger partial charge in [0.25, 0.3) is 0 Å². The molecule has 65 heavy (non-hydrogen) atoms. The number of carboxylic acids is 1. The molecular formula is C48H77NO16. The lowest BCUT2D eigenvalue weighted by Gasteiger charge is -2.41. The van der Waals surface area contributed by atoms with Crippen LogP contribution in [0.2, 0.25) is 0 Å². The molecule has 370 valence electrons. The molecule has 3 heterocycles. The molecule has 3 aliphatic rings. The van der Waals surface area contributed by atoms with Crippen LogP contribution in [-0.2, 0) is 28.5 Å². The van der Waals surface area contributed by atoms with E-state index < -0.39 is 128 Å².